The first-order valence-corrected chi connectivity index (χ1v) is 7.52. The van der Waals surface area contributed by atoms with Crippen molar-refractivity contribution in [1.82, 2.24) is 5.32 Å². The molecule has 0 radical (unpaired) electrons. The van der Waals surface area contributed by atoms with Crippen LogP contribution in [0.4, 0.5) is 0 Å². The SMILES string of the molecule is CCOCc1ccccc1CNC(=O)[C@@H]1CC[C@H](CN)O1. The lowest BCUT2D eigenvalue weighted by atomic mass is 10.1. The number of rotatable bonds is 7. The van der Waals surface area contributed by atoms with Crippen molar-refractivity contribution < 1.29 is 14.3 Å². The Labute approximate surface area is 125 Å². The number of nitrogens with one attached hydrogen (secondary N) is 1. The first-order valence-electron chi connectivity index (χ1n) is 7.52. The molecule has 5 nitrogen and oxygen atoms in total. The third-order valence-electron chi connectivity index (χ3n) is 3.70. The molecule has 21 heavy (non-hydrogen) atoms. The van der Waals surface area contributed by atoms with E-state index in [-0.39, 0.29) is 18.1 Å². The minimum Gasteiger partial charge on any atom is -0.377 e. The summed E-state index contributed by atoms with van der Waals surface area (Å²) in [6.07, 6.45) is 1.26. The van der Waals surface area contributed by atoms with Gasteiger partial charge in [0.15, 0.2) is 0 Å². The number of carbonyl (C=O) groups is 1. The summed E-state index contributed by atoms with van der Waals surface area (Å²) in [5, 5.41) is 2.94. The molecule has 0 saturated carbocycles. The number of hydrogen-bond donors (Lipinski definition) is 2. The van der Waals surface area contributed by atoms with Crippen LogP contribution in [0.2, 0.25) is 0 Å². The van der Waals surface area contributed by atoms with Crippen molar-refractivity contribution in [2.45, 2.75) is 45.1 Å². The van der Waals surface area contributed by atoms with Crippen LogP contribution in [0.1, 0.15) is 30.9 Å². The molecule has 1 aromatic carbocycles. The van der Waals surface area contributed by atoms with Crippen LogP contribution in [0.25, 0.3) is 0 Å². The van der Waals surface area contributed by atoms with Crippen LogP contribution in [0, 0.1) is 0 Å². The minimum atomic E-state index is -0.363. The molecule has 1 heterocycles. The predicted octanol–water partition coefficient (Wildman–Crippen LogP) is 1.35. The third-order valence-corrected chi connectivity index (χ3v) is 3.70. The summed E-state index contributed by atoms with van der Waals surface area (Å²) in [7, 11) is 0. The van der Waals surface area contributed by atoms with Crippen molar-refractivity contribution >= 4 is 5.91 Å². The molecule has 0 spiro atoms. The van der Waals surface area contributed by atoms with Gasteiger partial charge in [-0.3, -0.25) is 4.79 Å². The highest BCUT2D eigenvalue weighted by Crippen LogP contribution is 2.19. The lowest BCUT2D eigenvalue weighted by Crippen LogP contribution is -2.35. The molecular formula is C16H24N2O3. The standard InChI is InChI=1S/C16H24N2O3/c1-2-20-11-13-6-4-3-5-12(13)10-18-16(19)15-8-7-14(9-17)21-15/h3-6,14-15H,2,7-11,17H2,1H3,(H,18,19)/t14-,15+/m1/s1. The highest BCUT2D eigenvalue weighted by Gasteiger charge is 2.29. The van der Waals surface area contributed by atoms with Gasteiger partial charge in [0, 0.05) is 19.7 Å². The van der Waals surface area contributed by atoms with Gasteiger partial charge in [-0.1, -0.05) is 24.3 Å². The minimum absolute atomic E-state index is 0.0194. The summed E-state index contributed by atoms with van der Waals surface area (Å²) < 4.78 is 11.0. The smallest absolute Gasteiger partial charge is 0.249 e. The number of hydrogen-bond acceptors (Lipinski definition) is 4. The Kier molecular flexibility index (Phi) is 6.17. The lowest BCUT2D eigenvalue weighted by Gasteiger charge is -2.14. The van der Waals surface area contributed by atoms with E-state index in [0.29, 0.717) is 26.3 Å². The second kappa shape index (κ2) is 8.12. The molecule has 1 fully saturated rings. The zero-order valence-corrected chi connectivity index (χ0v) is 12.5. The average Bonchev–Trinajstić information content (AvgIpc) is 3.00. The maximum absolute atomic E-state index is 12.1. The Bertz CT molecular complexity index is 465. The second-order valence-electron chi connectivity index (χ2n) is 5.18. The molecule has 1 amide bonds. The van der Waals surface area contributed by atoms with E-state index < -0.39 is 0 Å². The molecular weight excluding hydrogens is 268 g/mol. The largest absolute Gasteiger partial charge is 0.377 e. The van der Waals surface area contributed by atoms with E-state index in [9.17, 15) is 4.79 Å². The fourth-order valence-electron chi connectivity index (χ4n) is 2.45. The van der Waals surface area contributed by atoms with E-state index in [4.69, 9.17) is 15.2 Å². The Morgan fingerprint density at radius 3 is 2.81 bits per heavy atom. The summed E-state index contributed by atoms with van der Waals surface area (Å²) in [5.41, 5.74) is 7.74. The van der Waals surface area contributed by atoms with Crippen molar-refractivity contribution in [1.29, 1.82) is 0 Å². The van der Waals surface area contributed by atoms with E-state index in [2.05, 4.69) is 5.32 Å². The normalized spacial score (nSPS) is 21.4. The third kappa shape index (κ3) is 4.52. The van der Waals surface area contributed by atoms with E-state index in [1.807, 2.05) is 31.2 Å². The topological polar surface area (TPSA) is 73.6 Å². The van der Waals surface area contributed by atoms with Crippen molar-refractivity contribution in [2.24, 2.45) is 5.73 Å². The van der Waals surface area contributed by atoms with Crippen LogP contribution in [-0.4, -0.2) is 31.3 Å². The predicted molar refractivity (Wildman–Crippen MR) is 80.6 cm³/mol. The Morgan fingerprint density at radius 2 is 2.14 bits per heavy atom. The zero-order valence-electron chi connectivity index (χ0n) is 12.5. The summed E-state index contributed by atoms with van der Waals surface area (Å²) >= 11 is 0. The van der Waals surface area contributed by atoms with Gasteiger partial charge in [-0.25, -0.2) is 0 Å². The number of nitrogens with two attached hydrogens (primary N) is 1. The highest BCUT2D eigenvalue weighted by molar-refractivity contribution is 5.81. The zero-order chi connectivity index (χ0) is 15.1. The molecule has 0 unspecified atom stereocenters. The Balaban J connectivity index is 1.86. The molecule has 116 valence electrons. The van der Waals surface area contributed by atoms with Gasteiger partial charge in [0.2, 0.25) is 5.91 Å². The summed E-state index contributed by atoms with van der Waals surface area (Å²) in [6, 6.07) is 7.97. The molecule has 2 rings (SSSR count). The van der Waals surface area contributed by atoms with Crippen LogP contribution >= 0.6 is 0 Å². The highest BCUT2D eigenvalue weighted by atomic mass is 16.5. The van der Waals surface area contributed by atoms with Gasteiger partial charge in [0.05, 0.1) is 12.7 Å². The van der Waals surface area contributed by atoms with Crippen molar-refractivity contribution in [3.63, 3.8) is 0 Å². The molecule has 0 aliphatic carbocycles. The molecule has 3 N–H and O–H groups in total. The van der Waals surface area contributed by atoms with Crippen molar-refractivity contribution in [3.05, 3.63) is 35.4 Å². The van der Waals surface area contributed by atoms with Crippen LogP contribution < -0.4 is 11.1 Å². The fourth-order valence-corrected chi connectivity index (χ4v) is 2.45. The number of ether oxygens (including phenoxy) is 2. The number of carbonyl (C=O) groups excluding carboxylic acids is 1. The Hall–Kier alpha value is -1.43. The van der Waals surface area contributed by atoms with Gasteiger partial charge in [-0.15, -0.1) is 0 Å². The summed E-state index contributed by atoms with van der Waals surface area (Å²) in [6.45, 7) is 4.18. The maximum atomic E-state index is 12.1. The molecule has 5 heteroatoms. The molecule has 0 bridgehead atoms. The van der Waals surface area contributed by atoms with Crippen LogP contribution in [0.3, 0.4) is 0 Å². The quantitative estimate of drug-likeness (QED) is 0.795. The second-order valence-corrected chi connectivity index (χ2v) is 5.18. The number of amides is 1. The van der Waals surface area contributed by atoms with Crippen LogP contribution in [0.5, 0.6) is 0 Å². The van der Waals surface area contributed by atoms with Gasteiger partial charge < -0.3 is 20.5 Å². The number of benzene rings is 1. The molecule has 1 aliphatic heterocycles. The lowest BCUT2D eigenvalue weighted by molar-refractivity contribution is -0.132. The monoisotopic (exact) mass is 292 g/mol. The van der Waals surface area contributed by atoms with Crippen LogP contribution in [-0.2, 0) is 27.4 Å². The van der Waals surface area contributed by atoms with Gasteiger partial charge >= 0.3 is 0 Å². The molecule has 1 aliphatic rings. The van der Waals surface area contributed by atoms with Gasteiger partial charge in [-0.05, 0) is 30.9 Å². The maximum Gasteiger partial charge on any atom is 0.249 e. The van der Waals surface area contributed by atoms with E-state index in [1.54, 1.807) is 0 Å². The average molecular weight is 292 g/mol. The first-order chi connectivity index (χ1) is 10.2. The summed E-state index contributed by atoms with van der Waals surface area (Å²) in [4.78, 5) is 12.1. The fraction of sp³-hybridized carbons (Fsp3) is 0.562. The van der Waals surface area contributed by atoms with Crippen molar-refractivity contribution in [3.8, 4) is 0 Å². The van der Waals surface area contributed by atoms with E-state index >= 15 is 0 Å². The van der Waals surface area contributed by atoms with Crippen LogP contribution in [0.15, 0.2) is 24.3 Å². The molecule has 1 saturated heterocycles. The van der Waals surface area contributed by atoms with Crippen molar-refractivity contribution in [2.75, 3.05) is 13.2 Å². The van der Waals surface area contributed by atoms with Gasteiger partial charge in [0.1, 0.15) is 6.10 Å². The van der Waals surface area contributed by atoms with Gasteiger partial charge in [-0.2, -0.15) is 0 Å². The first kappa shape index (κ1) is 15.9. The molecule has 1 aromatic rings. The van der Waals surface area contributed by atoms with E-state index in [1.165, 1.54) is 0 Å². The van der Waals surface area contributed by atoms with Gasteiger partial charge in [0.25, 0.3) is 0 Å². The molecule has 0 aromatic heterocycles. The molecule has 2 atom stereocenters. The summed E-state index contributed by atoms with van der Waals surface area (Å²) in [5.74, 6) is -0.0582. The van der Waals surface area contributed by atoms with E-state index in [0.717, 1.165) is 24.0 Å². The Morgan fingerprint density at radius 1 is 1.38 bits per heavy atom.